The first-order valence-corrected chi connectivity index (χ1v) is 7.50. The fourth-order valence-corrected chi connectivity index (χ4v) is 2.27. The zero-order valence-electron chi connectivity index (χ0n) is 13.7. The van der Waals surface area contributed by atoms with Crippen molar-refractivity contribution in [3.05, 3.63) is 58.5 Å². The van der Waals surface area contributed by atoms with Gasteiger partial charge in [-0.3, -0.25) is 15.1 Å². The number of nitrogens with one attached hydrogen (secondary N) is 2. The summed E-state index contributed by atoms with van der Waals surface area (Å²) in [5.41, 5.74) is -0.726. The minimum atomic E-state index is -4.55. The maximum absolute atomic E-state index is 12.7. The number of H-pyrrole nitrogens is 1. The van der Waals surface area contributed by atoms with E-state index < -0.39 is 16.8 Å². The van der Waals surface area contributed by atoms with Crippen LogP contribution in [0.5, 0.6) is 11.5 Å². The van der Waals surface area contributed by atoms with Crippen LogP contribution in [0.3, 0.4) is 0 Å². The third kappa shape index (κ3) is 3.97. The van der Waals surface area contributed by atoms with E-state index in [2.05, 4.69) is 20.3 Å². The Bertz CT molecular complexity index is 987. The van der Waals surface area contributed by atoms with Crippen molar-refractivity contribution in [3.8, 4) is 23.0 Å². The van der Waals surface area contributed by atoms with Crippen molar-refractivity contribution in [1.29, 1.82) is 0 Å². The Morgan fingerprint density at radius 2 is 1.93 bits per heavy atom. The van der Waals surface area contributed by atoms with E-state index >= 15 is 0 Å². The van der Waals surface area contributed by atoms with Gasteiger partial charge in [-0.1, -0.05) is 0 Å². The molecule has 2 N–H and O–H groups in total. The molecular formula is C16H12F3N5O3. The van der Waals surface area contributed by atoms with E-state index in [-0.39, 0.29) is 28.7 Å². The molecule has 2 heterocycles. The monoisotopic (exact) mass is 379 g/mol. The number of anilines is 1. The minimum Gasteiger partial charge on any atom is -0.457 e. The number of rotatable bonds is 5. The van der Waals surface area contributed by atoms with Gasteiger partial charge in [-0.15, -0.1) is 0 Å². The summed E-state index contributed by atoms with van der Waals surface area (Å²) in [6.07, 6.45) is -2.55. The van der Waals surface area contributed by atoms with Crippen LogP contribution in [0.15, 0.2) is 42.7 Å². The van der Waals surface area contributed by atoms with E-state index in [1.165, 1.54) is 36.5 Å². The predicted octanol–water partition coefficient (Wildman–Crippen LogP) is 4.23. The lowest BCUT2D eigenvalue weighted by Crippen LogP contribution is -2.04. The summed E-state index contributed by atoms with van der Waals surface area (Å²) >= 11 is 0. The standard InChI is InChI=1S/C16H12F3N5O3/c1-20-11-3-2-9(7-13(11)24(25)26)27-10-4-5-21-12(6-10)15-22-8-14(23-15)16(17,18)19/h2-8,20H,1H3,(H,22,23). The summed E-state index contributed by atoms with van der Waals surface area (Å²) in [5, 5.41) is 13.8. The summed E-state index contributed by atoms with van der Waals surface area (Å²) in [6.45, 7) is 0. The quantitative estimate of drug-likeness (QED) is 0.508. The zero-order chi connectivity index (χ0) is 19.6. The van der Waals surface area contributed by atoms with E-state index in [9.17, 15) is 23.3 Å². The number of nitrogens with zero attached hydrogens (tertiary/aromatic N) is 3. The Balaban J connectivity index is 1.87. The first-order chi connectivity index (χ1) is 12.8. The molecule has 0 spiro atoms. The third-order valence-corrected chi connectivity index (χ3v) is 3.53. The SMILES string of the molecule is CNc1ccc(Oc2ccnc(-c3ncc(C(F)(F)F)[nH]3)c2)cc1[N+](=O)[O-]. The summed E-state index contributed by atoms with van der Waals surface area (Å²) in [7, 11) is 1.55. The maximum Gasteiger partial charge on any atom is 0.432 e. The summed E-state index contributed by atoms with van der Waals surface area (Å²) < 4.78 is 43.6. The van der Waals surface area contributed by atoms with Crippen LogP contribution < -0.4 is 10.1 Å². The van der Waals surface area contributed by atoms with Crippen LogP contribution in [0.4, 0.5) is 24.5 Å². The van der Waals surface area contributed by atoms with Crippen molar-refractivity contribution in [2.45, 2.75) is 6.18 Å². The average molecular weight is 379 g/mol. The lowest BCUT2D eigenvalue weighted by molar-refractivity contribution is -0.384. The molecule has 0 aliphatic heterocycles. The van der Waals surface area contributed by atoms with Crippen LogP contribution >= 0.6 is 0 Å². The van der Waals surface area contributed by atoms with Gasteiger partial charge in [-0.2, -0.15) is 13.2 Å². The highest BCUT2D eigenvalue weighted by Gasteiger charge is 2.33. The Morgan fingerprint density at radius 1 is 1.19 bits per heavy atom. The molecule has 0 fully saturated rings. The first kappa shape index (κ1) is 18.2. The number of hydrogen-bond donors (Lipinski definition) is 2. The Kier molecular flexibility index (Phi) is 4.67. The lowest BCUT2D eigenvalue weighted by Gasteiger charge is -2.08. The molecule has 8 nitrogen and oxygen atoms in total. The molecule has 0 saturated carbocycles. The number of imidazole rings is 1. The van der Waals surface area contributed by atoms with E-state index in [0.717, 1.165) is 0 Å². The number of aromatic nitrogens is 3. The number of benzene rings is 1. The highest BCUT2D eigenvalue weighted by atomic mass is 19.4. The van der Waals surface area contributed by atoms with E-state index in [4.69, 9.17) is 4.74 Å². The van der Waals surface area contributed by atoms with Gasteiger partial charge < -0.3 is 15.0 Å². The molecule has 3 aromatic rings. The summed E-state index contributed by atoms with van der Waals surface area (Å²) in [5.74, 6) is 0.342. The van der Waals surface area contributed by atoms with Gasteiger partial charge in [0.05, 0.1) is 17.2 Å². The number of alkyl halides is 3. The molecule has 0 aliphatic carbocycles. The van der Waals surface area contributed by atoms with E-state index in [1.54, 1.807) is 7.05 Å². The number of pyridine rings is 1. The summed E-state index contributed by atoms with van der Waals surface area (Å²) in [6, 6.07) is 7.08. The molecule has 0 aliphatic rings. The van der Waals surface area contributed by atoms with Crippen LogP contribution in [0.2, 0.25) is 0 Å². The van der Waals surface area contributed by atoms with Crippen molar-refractivity contribution in [3.63, 3.8) is 0 Å². The molecule has 140 valence electrons. The molecule has 0 saturated heterocycles. The second kappa shape index (κ2) is 6.94. The van der Waals surface area contributed by atoms with Crippen LogP contribution in [-0.2, 0) is 6.18 Å². The van der Waals surface area contributed by atoms with Crippen molar-refractivity contribution in [2.75, 3.05) is 12.4 Å². The number of hydrogen-bond acceptors (Lipinski definition) is 6. The van der Waals surface area contributed by atoms with Gasteiger partial charge >= 0.3 is 6.18 Å². The number of nitro benzene ring substituents is 1. The molecule has 1 aromatic carbocycles. The molecule has 27 heavy (non-hydrogen) atoms. The molecular weight excluding hydrogens is 367 g/mol. The number of aromatic amines is 1. The molecule has 3 rings (SSSR count). The number of ether oxygens (including phenoxy) is 1. The highest BCUT2D eigenvalue weighted by molar-refractivity contribution is 5.64. The van der Waals surface area contributed by atoms with Crippen LogP contribution in [0.1, 0.15) is 5.69 Å². The normalized spacial score (nSPS) is 11.3. The average Bonchev–Trinajstić information content (AvgIpc) is 3.12. The molecule has 0 bridgehead atoms. The molecule has 0 radical (unpaired) electrons. The predicted molar refractivity (Wildman–Crippen MR) is 89.5 cm³/mol. The van der Waals surface area contributed by atoms with Crippen molar-refractivity contribution in [1.82, 2.24) is 15.0 Å². The highest BCUT2D eigenvalue weighted by Crippen LogP contribution is 2.33. The van der Waals surface area contributed by atoms with Gasteiger partial charge in [0.1, 0.15) is 28.6 Å². The maximum atomic E-state index is 12.7. The van der Waals surface area contributed by atoms with Gasteiger partial charge in [0.2, 0.25) is 0 Å². The van der Waals surface area contributed by atoms with Crippen molar-refractivity contribution >= 4 is 11.4 Å². The molecule has 0 amide bonds. The molecule has 0 atom stereocenters. The third-order valence-electron chi connectivity index (χ3n) is 3.53. The second-order valence-corrected chi connectivity index (χ2v) is 5.31. The van der Waals surface area contributed by atoms with Gasteiger partial charge in [0.25, 0.3) is 5.69 Å². The zero-order valence-corrected chi connectivity index (χ0v) is 13.7. The first-order valence-electron chi connectivity index (χ1n) is 7.50. The van der Waals surface area contributed by atoms with Crippen LogP contribution in [-0.4, -0.2) is 26.9 Å². The Morgan fingerprint density at radius 3 is 2.56 bits per heavy atom. The largest absolute Gasteiger partial charge is 0.457 e. The Labute approximate surface area is 150 Å². The van der Waals surface area contributed by atoms with Gasteiger partial charge in [-0.25, -0.2) is 4.98 Å². The van der Waals surface area contributed by atoms with Crippen LogP contribution in [0.25, 0.3) is 11.5 Å². The molecule has 0 unspecified atom stereocenters. The fraction of sp³-hybridized carbons (Fsp3) is 0.125. The number of halogens is 3. The smallest absolute Gasteiger partial charge is 0.432 e. The number of nitro groups is 1. The fourth-order valence-electron chi connectivity index (χ4n) is 2.27. The van der Waals surface area contributed by atoms with Crippen molar-refractivity contribution in [2.24, 2.45) is 0 Å². The lowest BCUT2D eigenvalue weighted by atomic mass is 10.2. The summed E-state index contributed by atoms with van der Waals surface area (Å²) in [4.78, 5) is 20.3. The van der Waals surface area contributed by atoms with E-state index in [1.807, 2.05) is 0 Å². The van der Waals surface area contributed by atoms with Gasteiger partial charge in [-0.05, 0) is 18.2 Å². The Hall–Kier alpha value is -3.63. The van der Waals surface area contributed by atoms with Crippen LogP contribution in [0, 0.1) is 10.1 Å². The molecule has 11 heteroatoms. The van der Waals surface area contributed by atoms with E-state index in [0.29, 0.717) is 11.9 Å². The van der Waals surface area contributed by atoms with Gasteiger partial charge in [0, 0.05) is 19.3 Å². The minimum absolute atomic E-state index is 0.0794. The van der Waals surface area contributed by atoms with Crippen molar-refractivity contribution < 1.29 is 22.8 Å². The molecule has 2 aromatic heterocycles. The second-order valence-electron chi connectivity index (χ2n) is 5.31. The van der Waals surface area contributed by atoms with Gasteiger partial charge in [0.15, 0.2) is 5.82 Å². The topological polar surface area (TPSA) is 106 Å².